The molecule has 1 atom stereocenters. The van der Waals surface area contributed by atoms with Gasteiger partial charge >= 0.3 is 0 Å². The van der Waals surface area contributed by atoms with Gasteiger partial charge in [0, 0.05) is 24.2 Å². The van der Waals surface area contributed by atoms with Gasteiger partial charge in [-0.2, -0.15) is 0 Å². The number of nitrogens with two attached hydrogens (primary N) is 1. The van der Waals surface area contributed by atoms with E-state index in [1.165, 1.54) is 0 Å². The fourth-order valence-electron chi connectivity index (χ4n) is 2.11. The van der Waals surface area contributed by atoms with Crippen LogP contribution in [0.25, 0.3) is 0 Å². The molecule has 20 heavy (non-hydrogen) atoms. The molecule has 110 valence electrons. The SMILES string of the molecule is CC(C)CC(C)N(C)C(=O)c1cccc(C(N)=NO)c1. The number of amidine groups is 1. The van der Waals surface area contributed by atoms with E-state index in [4.69, 9.17) is 10.9 Å². The van der Waals surface area contributed by atoms with Crippen LogP contribution in [0.4, 0.5) is 0 Å². The van der Waals surface area contributed by atoms with Gasteiger partial charge in [-0.3, -0.25) is 4.79 Å². The molecule has 0 bridgehead atoms. The van der Waals surface area contributed by atoms with Crippen LogP contribution in [0.5, 0.6) is 0 Å². The Balaban J connectivity index is 2.92. The summed E-state index contributed by atoms with van der Waals surface area (Å²) in [5.41, 5.74) is 6.61. The Morgan fingerprint density at radius 2 is 1.95 bits per heavy atom. The highest BCUT2D eigenvalue weighted by atomic mass is 16.4. The van der Waals surface area contributed by atoms with E-state index in [0.29, 0.717) is 17.0 Å². The number of carbonyl (C=O) groups is 1. The first-order valence-electron chi connectivity index (χ1n) is 6.72. The Labute approximate surface area is 120 Å². The first kappa shape index (κ1) is 16.0. The minimum atomic E-state index is -0.0641. The Hall–Kier alpha value is -2.04. The van der Waals surface area contributed by atoms with Crippen LogP contribution >= 0.6 is 0 Å². The lowest BCUT2D eigenvalue weighted by Gasteiger charge is -2.26. The van der Waals surface area contributed by atoms with Crippen LogP contribution in [0.15, 0.2) is 29.4 Å². The summed E-state index contributed by atoms with van der Waals surface area (Å²) in [6.07, 6.45) is 0.947. The third kappa shape index (κ3) is 3.98. The van der Waals surface area contributed by atoms with Crippen molar-refractivity contribution in [2.24, 2.45) is 16.8 Å². The molecule has 0 aliphatic carbocycles. The topological polar surface area (TPSA) is 78.9 Å². The molecule has 1 aromatic carbocycles. The van der Waals surface area contributed by atoms with Crippen molar-refractivity contribution in [1.82, 2.24) is 4.90 Å². The molecule has 0 aromatic heterocycles. The summed E-state index contributed by atoms with van der Waals surface area (Å²) in [6, 6.07) is 6.95. The Morgan fingerprint density at radius 1 is 1.35 bits per heavy atom. The molecule has 1 unspecified atom stereocenters. The van der Waals surface area contributed by atoms with E-state index in [9.17, 15) is 4.79 Å². The number of oxime groups is 1. The molecule has 0 fully saturated rings. The number of hydrogen-bond donors (Lipinski definition) is 2. The van der Waals surface area contributed by atoms with Crippen molar-refractivity contribution in [2.45, 2.75) is 33.2 Å². The fourth-order valence-corrected chi connectivity index (χ4v) is 2.11. The van der Waals surface area contributed by atoms with E-state index in [1.54, 1.807) is 36.2 Å². The van der Waals surface area contributed by atoms with Crippen molar-refractivity contribution in [3.63, 3.8) is 0 Å². The van der Waals surface area contributed by atoms with Gasteiger partial charge in [-0.1, -0.05) is 31.1 Å². The number of benzene rings is 1. The second-order valence-corrected chi connectivity index (χ2v) is 5.46. The molecule has 0 saturated carbocycles. The summed E-state index contributed by atoms with van der Waals surface area (Å²) in [5.74, 6) is 0.465. The molecular weight excluding hydrogens is 254 g/mol. The molecular formula is C15H23N3O2. The summed E-state index contributed by atoms with van der Waals surface area (Å²) >= 11 is 0. The summed E-state index contributed by atoms with van der Waals surface area (Å²) < 4.78 is 0. The van der Waals surface area contributed by atoms with Gasteiger partial charge < -0.3 is 15.8 Å². The van der Waals surface area contributed by atoms with Crippen LogP contribution in [0.2, 0.25) is 0 Å². The fraction of sp³-hybridized carbons (Fsp3) is 0.467. The monoisotopic (exact) mass is 277 g/mol. The predicted molar refractivity (Wildman–Crippen MR) is 80.0 cm³/mol. The van der Waals surface area contributed by atoms with Gasteiger partial charge in [-0.25, -0.2) is 0 Å². The lowest BCUT2D eigenvalue weighted by Crippen LogP contribution is -2.36. The lowest BCUT2D eigenvalue weighted by molar-refractivity contribution is 0.0728. The van der Waals surface area contributed by atoms with Crippen LogP contribution in [0, 0.1) is 5.92 Å². The van der Waals surface area contributed by atoms with Gasteiger partial charge in [0.15, 0.2) is 5.84 Å². The van der Waals surface area contributed by atoms with Crippen molar-refractivity contribution >= 4 is 11.7 Å². The molecule has 1 aromatic rings. The molecule has 3 N–H and O–H groups in total. The van der Waals surface area contributed by atoms with E-state index in [2.05, 4.69) is 19.0 Å². The molecule has 5 nitrogen and oxygen atoms in total. The van der Waals surface area contributed by atoms with Crippen molar-refractivity contribution < 1.29 is 10.0 Å². The summed E-state index contributed by atoms with van der Waals surface area (Å²) in [7, 11) is 1.80. The van der Waals surface area contributed by atoms with Crippen molar-refractivity contribution in [3.05, 3.63) is 35.4 Å². The highest BCUT2D eigenvalue weighted by Gasteiger charge is 2.18. The number of hydrogen-bond acceptors (Lipinski definition) is 3. The van der Waals surface area contributed by atoms with Crippen LogP contribution in [-0.2, 0) is 0 Å². The number of nitrogens with zero attached hydrogens (tertiary/aromatic N) is 2. The molecule has 0 spiro atoms. The molecule has 1 rings (SSSR count). The maximum atomic E-state index is 12.4. The number of rotatable bonds is 5. The van der Waals surface area contributed by atoms with Gasteiger partial charge in [0.1, 0.15) is 0 Å². The van der Waals surface area contributed by atoms with E-state index in [0.717, 1.165) is 6.42 Å². The van der Waals surface area contributed by atoms with Gasteiger partial charge in [0.2, 0.25) is 0 Å². The summed E-state index contributed by atoms with van der Waals surface area (Å²) in [4.78, 5) is 14.1. The normalized spacial score (nSPS) is 13.3. The van der Waals surface area contributed by atoms with E-state index >= 15 is 0 Å². The van der Waals surface area contributed by atoms with Crippen molar-refractivity contribution in [1.29, 1.82) is 0 Å². The van der Waals surface area contributed by atoms with E-state index in [1.807, 2.05) is 6.92 Å². The molecule has 1 amide bonds. The maximum Gasteiger partial charge on any atom is 0.253 e. The second kappa shape index (κ2) is 6.93. The summed E-state index contributed by atoms with van der Waals surface area (Å²) in [5, 5.41) is 11.6. The quantitative estimate of drug-likeness (QED) is 0.375. The van der Waals surface area contributed by atoms with Crippen LogP contribution in [-0.4, -0.2) is 34.9 Å². The smallest absolute Gasteiger partial charge is 0.253 e. The highest BCUT2D eigenvalue weighted by Crippen LogP contribution is 2.14. The van der Waals surface area contributed by atoms with Gasteiger partial charge in [-0.15, -0.1) is 0 Å². The number of carbonyl (C=O) groups excluding carboxylic acids is 1. The second-order valence-electron chi connectivity index (χ2n) is 5.46. The van der Waals surface area contributed by atoms with Crippen LogP contribution in [0.3, 0.4) is 0 Å². The average Bonchev–Trinajstić information content (AvgIpc) is 2.44. The summed E-state index contributed by atoms with van der Waals surface area (Å²) in [6.45, 7) is 6.30. The largest absolute Gasteiger partial charge is 0.409 e. The molecule has 0 aliphatic heterocycles. The molecule has 0 saturated heterocycles. The predicted octanol–water partition coefficient (Wildman–Crippen LogP) is 2.29. The molecule has 5 heteroatoms. The third-order valence-corrected chi connectivity index (χ3v) is 3.31. The highest BCUT2D eigenvalue weighted by molar-refractivity contribution is 6.01. The average molecular weight is 277 g/mol. The third-order valence-electron chi connectivity index (χ3n) is 3.31. The standard InChI is InChI=1S/C15H23N3O2/c1-10(2)8-11(3)18(4)15(19)13-7-5-6-12(9-13)14(16)17-20/h5-7,9-11,20H,8H2,1-4H3,(H2,16,17). The number of amides is 1. The zero-order valence-corrected chi connectivity index (χ0v) is 12.5. The molecule has 0 radical (unpaired) electrons. The van der Waals surface area contributed by atoms with E-state index < -0.39 is 0 Å². The zero-order chi connectivity index (χ0) is 15.3. The zero-order valence-electron chi connectivity index (χ0n) is 12.5. The minimum Gasteiger partial charge on any atom is -0.409 e. The van der Waals surface area contributed by atoms with Gasteiger partial charge in [-0.05, 0) is 31.4 Å². The first-order chi connectivity index (χ1) is 9.36. The van der Waals surface area contributed by atoms with Gasteiger partial charge in [0.05, 0.1) is 0 Å². The lowest BCUT2D eigenvalue weighted by atomic mass is 10.0. The Kier molecular flexibility index (Phi) is 5.55. The minimum absolute atomic E-state index is 0.00229. The van der Waals surface area contributed by atoms with Gasteiger partial charge in [0.25, 0.3) is 5.91 Å². The Morgan fingerprint density at radius 3 is 2.50 bits per heavy atom. The van der Waals surface area contributed by atoms with E-state index in [-0.39, 0.29) is 17.8 Å². The van der Waals surface area contributed by atoms with Crippen LogP contribution in [0.1, 0.15) is 43.1 Å². The van der Waals surface area contributed by atoms with Crippen LogP contribution < -0.4 is 5.73 Å². The maximum absolute atomic E-state index is 12.4. The first-order valence-corrected chi connectivity index (χ1v) is 6.72. The molecule has 0 heterocycles. The van der Waals surface area contributed by atoms with Crippen molar-refractivity contribution in [3.8, 4) is 0 Å². The molecule has 0 aliphatic rings. The Bertz CT molecular complexity index is 498. The van der Waals surface area contributed by atoms with Crippen molar-refractivity contribution in [2.75, 3.05) is 7.05 Å².